The monoisotopic (exact) mass is 236 g/mol. The highest BCUT2D eigenvalue weighted by Crippen LogP contribution is 2.27. The fraction of sp³-hybridized carbons (Fsp3) is 0.571. The molecule has 0 saturated heterocycles. The van der Waals surface area contributed by atoms with Crippen LogP contribution in [0.1, 0.15) is 37.9 Å². The molecule has 0 aliphatic rings. The molecule has 1 unspecified atom stereocenters. The van der Waals surface area contributed by atoms with Crippen LogP contribution in [0.25, 0.3) is 0 Å². The summed E-state index contributed by atoms with van der Waals surface area (Å²) in [5.41, 5.74) is 8.41. The van der Waals surface area contributed by atoms with Gasteiger partial charge >= 0.3 is 0 Å². The van der Waals surface area contributed by atoms with Gasteiger partial charge in [-0.15, -0.1) is 0 Å². The lowest BCUT2D eigenvalue weighted by atomic mass is 9.89. The molecular formula is C14H24N2O. The van der Waals surface area contributed by atoms with E-state index in [0.717, 1.165) is 16.9 Å². The zero-order chi connectivity index (χ0) is 13.1. The Labute approximate surface area is 104 Å². The molecule has 0 spiro atoms. The highest BCUT2D eigenvalue weighted by Gasteiger charge is 2.25. The smallest absolute Gasteiger partial charge is 0.122 e. The van der Waals surface area contributed by atoms with Gasteiger partial charge in [-0.25, -0.2) is 0 Å². The molecule has 0 radical (unpaired) electrons. The van der Waals surface area contributed by atoms with Gasteiger partial charge in [-0.3, -0.25) is 0 Å². The topological polar surface area (TPSA) is 47.3 Å². The molecule has 0 heterocycles. The molecule has 0 aromatic heterocycles. The molecule has 0 fully saturated rings. The van der Waals surface area contributed by atoms with Crippen molar-refractivity contribution in [3.05, 3.63) is 29.3 Å². The molecule has 0 amide bonds. The largest absolute Gasteiger partial charge is 0.494 e. The molecule has 0 bridgehead atoms. The number of nitrogens with one attached hydrogen (secondary N) is 1. The minimum absolute atomic E-state index is 0.0399. The van der Waals surface area contributed by atoms with E-state index >= 15 is 0 Å². The third-order valence-corrected chi connectivity index (χ3v) is 3.28. The predicted octanol–water partition coefficient (Wildman–Crippen LogP) is 2.39. The van der Waals surface area contributed by atoms with Crippen molar-refractivity contribution < 1.29 is 4.74 Å². The summed E-state index contributed by atoms with van der Waals surface area (Å²) in [4.78, 5) is 0. The molecule has 3 heteroatoms. The van der Waals surface area contributed by atoms with Crippen LogP contribution < -0.4 is 15.8 Å². The molecule has 96 valence electrons. The van der Waals surface area contributed by atoms with E-state index < -0.39 is 0 Å². The van der Waals surface area contributed by atoms with Crippen LogP contribution in [0.2, 0.25) is 0 Å². The van der Waals surface area contributed by atoms with Crippen LogP contribution in [-0.2, 0) is 0 Å². The summed E-state index contributed by atoms with van der Waals surface area (Å²) in [6.07, 6.45) is 0. The lowest BCUT2D eigenvalue weighted by Crippen LogP contribution is -2.46. The van der Waals surface area contributed by atoms with E-state index in [9.17, 15) is 0 Å². The summed E-state index contributed by atoms with van der Waals surface area (Å²) in [6.45, 7) is 8.93. The first-order chi connectivity index (χ1) is 7.92. The van der Waals surface area contributed by atoms with Crippen molar-refractivity contribution in [2.75, 3.05) is 13.7 Å². The van der Waals surface area contributed by atoms with E-state index in [1.54, 1.807) is 0 Å². The zero-order valence-corrected chi connectivity index (χ0v) is 11.5. The molecule has 3 N–H and O–H groups in total. The number of hydrogen-bond acceptors (Lipinski definition) is 3. The summed E-state index contributed by atoms with van der Waals surface area (Å²) >= 11 is 0. The number of ether oxygens (including phenoxy) is 1. The number of hydrogen-bond donors (Lipinski definition) is 2. The molecular weight excluding hydrogens is 212 g/mol. The Balaban J connectivity index is 2.97. The Morgan fingerprint density at radius 2 is 2.06 bits per heavy atom. The normalized spacial score (nSPS) is 13.5. The molecule has 0 aliphatic heterocycles. The highest BCUT2D eigenvalue weighted by atomic mass is 16.5. The average Bonchev–Trinajstić information content (AvgIpc) is 2.31. The predicted molar refractivity (Wildman–Crippen MR) is 72.4 cm³/mol. The standard InChI is InChI=1S/C14H24N2O/c1-6-17-12-8-7-11(9-10(12)2)13(15)14(3,4)16-5/h7-9,13,16H,6,15H2,1-5H3. The molecule has 17 heavy (non-hydrogen) atoms. The molecule has 1 aromatic carbocycles. The maximum atomic E-state index is 6.27. The maximum Gasteiger partial charge on any atom is 0.122 e. The van der Waals surface area contributed by atoms with Crippen molar-refractivity contribution >= 4 is 0 Å². The summed E-state index contributed by atoms with van der Waals surface area (Å²) in [6, 6.07) is 6.11. The Kier molecular flexibility index (Phi) is 4.54. The number of rotatable bonds is 5. The first-order valence-electron chi connectivity index (χ1n) is 6.10. The first-order valence-corrected chi connectivity index (χ1v) is 6.10. The van der Waals surface area contributed by atoms with E-state index in [0.29, 0.717) is 6.61 Å². The highest BCUT2D eigenvalue weighted by molar-refractivity contribution is 5.38. The van der Waals surface area contributed by atoms with Gasteiger partial charge in [0.15, 0.2) is 0 Å². The first kappa shape index (κ1) is 14.0. The Morgan fingerprint density at radius 1 is 1.41 bits per heavy atom. The number of aryl methyl sites for hydroxylation is 1. The number of benzene rings is 1. The van der Waals surface area contributed by atoms with Crippen LogP contribution in [0.3, 0.4) is 0 Å². The molecule has 1 rings (SSSR count). The SMILES string of the molecule is CCOc1ccc(C(N)C(C)(C)NC)cc1C. The molecule has 3 nitrogen and oxygen atoms in total. The van der Waals surface area contributed by atoms with Gasteiger partial charge in [0.25, 0.3) is 0 Å². The quantitative estimate of drug-likeness (QED) is 0.825. The average molecular weight is 236 g/mol. The van der Waals surface area contributed by atoms with Crippen molar-refractivity contribution in [2.45, 2.75) is 39.3 Å². The molecule has 1 atom stereocenters. The summed E-state index contributed by atoms with van der Waals surface area (Å²) in [7, 11) is 1.93. The molecule has 1 aromatic rings. The van der Waals surface area contributed by atoms with Crippen LogP contribution in [0, 0.1) is 6.92 Å². The summed E-state index contributed by atoms with van der Waals surface area (Å²) in [5.74, 6) is 0.936. The van der Waals surface area contributed by atoms with Crippen LogP contribution in [0.4, 0.5) is 0 Å². The summed E-state index contributed by atoms with van der Waals surface area (Å²) in [5, 5.41) is 3.24. The Morgan fingerprint density at radius 3 is 2.53 bits per heavy atom. The fourth-order valence-corrected chi connectivity index (χ4v) is 1.76. The van der Waals surface area contributed by atoms with E-state index in [4.69, 9.17) is 10.5 Å². The van der Waals surface area contributed by atoms with Gasteiger partial charge in [-0.1, -0.05) is 12.1 Å². The summed E-state index contributed by atoms with van der Waals surface area (Å²) < 4.78 is 5.53. The van der Waals surface area contributed by atoms with Crippen molar-refractivity contribution in [1.29, 1.82) is 0 Å². The van der Waals surface area contributed by atoms with Crippen molar-refractivity contribution in [2.24, 2.45) is 5.73 Å². The maximum absolute atomic E-state index is 6.27. The van der Waals surface area contributed by atoms with Gasteiger partial charge in [-0.05, 0) is 51.9 Å². The Hall–Kier alpha value is -1.06. The van der Waals surface area contributed by atoms with Gasteiger partial charge in [0.05, 0.1) is 6.61 Å². The lowest BCUT2D eigenvalue weighted by Gasteiger charge is -2.32. The second-order valence-corrected chi connectivity index (χ2v) is 4.91. The van der Waals surface area contributed by atoms with Gasteiger partial charge in [-0.2, -0.15) is 0 Å². The minimum Gasteiger partial charge on any atom is -0.494 e. The van der Waals surface area contributed by atoms with Crippen LogP contribution in [-0.4, -0.2) is 19.2 Å². The van der Waals surface area contributed by atoms with E-state index in [1.165, 1.54) is 0 Å². The number of nitrogens with two attached hydrogens (primary N) is 1. The van der Waals surface area contributed by atoms with Gasteiger partial charge in [0.2, 0.25) is 0 Å². The van der Waals surface area contributed by atoms with Gasteiger partial charge < -0.3 is 15.8 Å². The molecule has 0 saturated carbocycles. The van der Waals surface area contributed by atoms with Crippen LogP contribution in [0.5, 0.6) is 5.75 Å². The van der Waals surface area contributed by atoms with Crippen LogP contribution in [0.15, 0.2) is 18.2 Å². The lowest BCUT2D eigenvalue weighted by molar-refractivity contribution is 0.335. The Bertz CT molecular complexity index is 374. The van der Waals surface area contributed by atoms with Gasteiger partial charge in [0.1, 0.15) is 5.75 Å². The van der Waals surface area contributed by atoms with E-state index in [-0.39, 0.29) is 11.6 Å². The second kappa shape index (κ2) is 5.52. The second-order valence-electron chi connectivity index (χ2n) is 4.91. The van der Waals surface area contributed by atoms with Crippen molar-refractivity contribution in [3.8, 4) is 5.75 Å². The number of likely N-dealkylation sites (N-methyl/N-ethyl adjacent to an activating group) is 1. The fourth-order valence-electron chi connectivity index (χ4n) is 1.76. The zero-order valence-electron chi connectivity index (χ0n) is 11.5. The van der Waals surface area contributed by atoms with Crippen molar-refractivity contribution in [1.82, 2.24) is 5.32 Å². The molecule has 0 aliphatic carbocycles. The van der Waals surface area contributed by atoms with Gasteiger partial charge in [0, 0.05) is 11.6 Å². The van der Waals surface area contributed by atoms with E-state index in [2.05, 4.69) is 25.2 Å². The third kappa shape index (κ3) is 3.20. The minimum atomic E-state index is -0.125. The van der Waals surface area contributed by atoms with E-state index in [1.807, 2.05) is 33.0 Å². The van der Waals surface area contributed by atoms with Crippen molar-refractivity contribution in [3.63, 3.8) is 0 Å². The van der Waals surface area contributed by atoms with Crippen LogP contribution >= 0.6 is 0 Å². The third-order valence-electron chi connectivity index (χ3n) is 3.28.